The third-order valence-corrected chi connectivity index (χ3v) is 6.67. The summed E-state index contributed by atoms with van der Waals surface area (Å²) >= 11 is 0. The summed E-state index contributed by atoms with van der Waals surface area (Å²) in [5.41, 5.74) is 2.45. The van der Waals surface area contributed by atoms with E-state index in [1.807, 2.05) is 24.3 Å². The number of carbonyl (C=O) groups excluding carboxylic acids is 3. The van der Waals surface area contributed by atoms with Crippen molar-refractivity contribution in [2.75, 3.05) is 20.3 Å². The van der Waals surface area contributed by atoms with Crippen molar-refractivity contribution in [3.8, 4) is 23.0 Å². The van der Waals surface area contributed by atoms with Crippen LogP contribution in [0.25, 0.3) is 0 Å². The molecule has 0 unspecified atom stereocenters. The fourth-order valence-corrected chi connectivity index (χ4v) is 4.23. The fraction of sp³-hybridized carbons (Fsp3) is 0.343. The Morgan fingerprint density at radius 2 is 1.42 bits per heavy atom. The molecule has 0 amide bonds. The monoisotopic (exact) mass is 588 g/mol. The van der Waals surface area contributed by atoms with Crippen molar-refractivity contribution in [3.05, 3.63) is 95.6 Å². The minimum atomic E-state index is -0.581. The van der Waals surface area contributed by atoms with E-state index in [1.165, 1.54) is 31.9 Å². The quantitative estimate of drug-likeness (QED) is 0.0694. The molecular weight excluding hydrogens is 548 g/mol. The Morgan fingerprint density at radius 1 is 0.744 bits per heavy atom. The van der Waals surface area contributed by atoms with Crippen molar-refractivity contribution >= 4 is 17.9 Å². The standard InChI is InChI=1S/C35H40O8/c1-5-7-8-9-12-26-13-17-29(18-14-26)42-34(37)27-15-19-30(25(3)23-27)43-35(38)28-16-20-31(32(24-28)39-4)40-21-10-11-22-41-33(36)6-2/h6,13-20,23-24H,2,5,7-12,21-22H2,1,3-4H3. The van der Waals surface area contributed by atoms with E-state index in [0.717, 1.165) is 18.9 Å². The minimum absolute atomic E-state index is 0.275. The molecule has 0 heterocycles. The van der Waals surface area contributed by atoms with Gasteiger partial charge in [-0.2, -0.15) is 0 Å². The van der Waals surface area contributed by atoms with Gasteiger partial charge in [-0.1, -0.05) is 44.9 Å². The zero-order valence-corrected chi connectivity index (χ0v) is 25.2. The van der Waals surface area contributed by atoms with Gasteiger partial charge in [0.25, 0.3) is 0 Å². The molecule has 0 atom stereocenters. The average Bonchev–Trinajstić information content (AvgIpc) is 3.02. The lowest BCUT2D eigenvalue weighted by Gasteiger charge is -2.13. The maximum absolute atomic E-state index is 12.9. The molecule has 0 aliphatic carbocycles. The first-order valence-electron chi connectivity index (χ1n) is 14.6. The Bertz CT molecular complexity index is 1380. The van der Waals surface area contributed by atoms with Crippen LogP contribution in [0.3, 0.4) is 0 Å². The van der Waals surface area contributed by atoms with Crippen LogP contribution in [0.5, 0.6) is 23.0 Å². The van der Waals surface area contributed by atoms with Crippen LogP contribution in [0.2, 0.25) is 0 Å². The number of methoxy groups -OCH3 is 1. The molecule has 3 rings (SSSR count). The molecule has 0 aliphatic rings. The molecule has 228 valence electrons. The molecule has 0 aliphatic heterocycles. The van der Waals surface area contributed by atoms with E-state index in [-0.39, 0.29) is 12.2 Å². The zero-order chi connectivity index (χ0) is 31.0. The van der Waals surface area contributed by atoms with Crippen molar-refractivity contribution in [1.82, 2.24) is 0 Å². The van der Waals surface area contributed by atoms with E-state index in [4.69, 9.17) is 23.7 Å². The van der Waals surface area contributed by atoms with Crippen LogP contribution in [0.1, 0.15) is 77.3 Å². The second kappa shape index (κ2) is 17.4. The van der Waals surface area contributed by atoms with Gasteiger partial charge in [-0.3, -0.25) is 0 Å². The topological polar surface area (TPSA) is 97.4 Å². The molecule has 3 aromatic carbocycles. The predicted molar refractivity (Wildman–Crippen MR) is 164 cm³/mol. The first-order chi connectivity index (χ1) is 20.8. The summed E-state index contributed by atoms with van der Waals surface area (Å²) in [6.07, 6.45) is 8.24. The smallest absolute Gasteiger partial charge is 0.343 e. The molecule has 0 radical (unpaired) electrons. The van der Waals surface area contributed by atoms with E-state index >= 15 is 0 Å². The van der Waals surface area contributed by atoms with Crippen LogP contribution in [0.15, 0.2) is 73.3 Å². The molecule has 0 aromatic heterocycles. The van der Waals surface area contributed by atoms with E-state index in [1.54, 1.807) is 43.3 Å². The summed E-state index contributed by atoms with van der Waals surface area (Å²) in [6, 6.07) is 17.1. The second-order valence-corrected chi connectivity index (χ2v) is 10.0. The van der Waals surface area contributed by atoms with E-state index in [2.05, 4.69) is 13.5 Å². The molecule has 0 N–H and O–H groups in total. The van der Waals surface area contributed by atoms with Gasteiger partial charge in [-0.15, -0.1) is 0 Å². The van der Waals surface area contributed by atoms with Crippen LogP contribution >= 0.6 is 0 Å². The lowest BCUT2D eigenvalue weighted by molar-refractivity contribution is -0.137. The number of benzene rings is 3. The molecule has 0 fully saturated rings. The summed E-state index contributed by atoms with van der Waals surface area (Å²) in [7, 11) is 1.48. The summed E-state index contributed by atoms with van der Waals surface area (Å²) in [6.45, 7) is 7.96. The first kappa shape index (κ1) is 32.9. The van der Waals surface area contributed by atoms with E-state index < -0.39 is 17.9 Å². The maximum Gasteiger partial charge on any atom is 0.343 e. The highest BCUT2D eigenvalue weighted by molar-refractivity contribution is 5.93. The molecule has 43 heavy (non-hydrogen) atoms. The number of hydrogen-bond donors (Lipinski definition) is 0. The molecule has 8 nitrogen and oxygen atoms in total. The molecule has 3 aromatic rings. The highest BCUT2D eigenvalue weighted by Crippen LogP contribution is 2.29. The van der Waals surface area contributed by atoms with Crippen molar-refractivity contribution in [3.63, 3.8) is 0 Å². The number of ether oxygens (including phenoxy) is 5. The van der Waals surface area contributed by atoms with Crippen LogP contribution in [0.4, 0.5) is 0 Å². The van der Waals surface area contributed by atoms with Gasteiger partial charge >= 0.3 is 17.9 Å². The minimum Gasteiger partial charge on any atom is -0.493 e. The van der Waals surface area contributed by atoms with Crippen molar-refractivity contribution in [2.24, 2.45) is 0 Å². The first-order valence-corrected chi connectivity index (χ1v) is 14.6. The van der Waals surface area contributed by atoms with Crippen LogP contribution in [-0.2, 0) is 16.0 Å². The van der Waals surface area contributed by atoms with Gasteiger partial charge in [0, 0.05) is 6.08 Å². The lowest BCUT2D eigenvalue weighted by atomic mass is 10.1. The van der Waals surface area contributed by atoms with Gasteiger partial charge in [-0.05, 0) is 92.3 Å². The van der Waals surface area contributed by atoms with Gasteiger partial charge < -0.3 is 23.7 Å². The molecular formula is C35H40O8. The second-order valence-electron chi connectivity index (χ2n) is 10.0. The Kier molecular flexibility index (Phi) is 13.3. The third-order valence-electron chi connectivity index (χ3n) is 6.67. The number of carbonyl (C=O) groups is 3. The lowest BCUT2D eigenvalue weighted by Crippen LogP contribution is -2.12. The Labute approximate surface area is 253 Å². The zero-order valence-electron chi connectivity index (χ0n) is 25.2. The normalized spacial score (nSPS) is 10.5. The van der Waals surface area contributed by atoms with Gasteiger partial charge in [0.05, 0.1) is 31.5 Å². The fourth-order valence-electron chi connectivity index (χ4n) is 4.23. The Morgan fingerprint density at radius 3 is 2.09 bits per heavy atom. The van der Waals surface area contributed by atoms with E-state index in [0.29, 0.717) is 53.6 Å². The SMILES string of the molecule is C=CC(=O)OCCCCOc1ccc(C(=O)Oc2ccc(C(=O)Oc3ccc(CCCCCC)cc3)cc2C)cc1OC. The molecule has 8 heteroatoms. The Balaban J connectivity index is 1.53. The van der Waals surface area contributed by atoms with Crippen molar-refractivity contribution in [1.29, 1.82) is 0 Å². The largest absolute Gasteiger partial charge is 0.493 e. The number of aryl methyl sites for hydroxylation is 2. The van der Waals surface area contributed by atoms with Gasteiger partial charge in [0.1, 0.15) is 11.5 Å². The summed E-state index contributed by atoms with van der Waals surface area (Å²) in [4.78, 5) is 36.7. The number of unbranched alkanes of at least 4 members (excludes halogenated alkanes) is 4. The van der Waals surface area contributed by atoms with Crippen LogP contribution in [0, 0.1) is 6.92 Å². The number of rotatable bonds is 17. The number of esters is 3. The van der Waals surface area contributed by atoms with Gasteiger partial charge in [-0.25, -0.2) is 14.4 Å². The van der Waals surface area contributed by atoms with Crippen molar-refractivity contribution < 1.29 is 38.1 Å². The highest BCUT2D eigenvalue weighted by atomic mass is 16.5. The number of hydrogen-bond acceptors (Lipinski definition) is 8. The Hall–Kier alpha value is -4.59. The summed E-state index contributed by atoms with van der Waals surface area (Å²) < 4.78 is 27.2. The maximum atomic E-state index is 12.9. The van der Waals surface area contributed by atoms with Gasteiger partial charge in [0.15, 0.2) is 11.5 Å². The third kappa shape index (κ3) is 10.6. The molecule has 0 spiro atoms. The summed E-state index contributed by atoms with van der Waals surface area (Å²) in [5, 5.41) is 0. The molecule has 0 saturated carbocycles. The highest BCUT2D eigenvalue weighted by Gasteiger charge is 2.16. The molecule has 0 bridgehead atoms. The van der Waals surface area contributed by atoms with Crippen LogP contribution in [-0.4, -0.2) is 38.2 Å². The van der Waals surface area contributed by atoms with Crippen molar-refractivity contribution in [2.45, 2.75) is 58.8 Å². The predicted octanol–water partition coefficient (Wildman–Crippen LogP) is 7.45. The van der Waals surface area contributed by atoms with Crippen LogP contribution < -0.4 is 18.9 Å². The average molecular weight is 589 g/mol. The molecule has 0 saturated heterocycles. The van der Waals surface area contributed by atoms with Gasteiger partial charge in [0.2, 0.25) is 0 Å². The summed E-state index contributed by atoms with van der Waals surface area (Å²) in [5.74, 6) is 0.131. The van der Waals surface area contributed by atoms with E-state index in [9.17, 15) is 14.4 Å².